The van der Waals surface area contributed by atoms with Gasteiger partial charge in [-0.1, -0.05) is 20.3 Å². The highest BCUT2D eigenvalue weighted by atomic mass is 16.2. The van der Waals surface area contributed by atoms with Crippen LogP contribution in [0.5, 0.6) is 0 Å². The summed E-state index contributed by atoms with van der Waals surface area (Å²) in [6.07, 6.45) is 3.32. The third-order valence-electron chi connectivity index (χ3n) is 4.69. The second kappa shape index (κ2) is 9.38. The first-order valence-electron chi connectivity index (χ1n) is 8.51. The van der Waals surface area contributed by atoms with Crippen LogP contribution in [0.25, 0.3) is 0 Å². The highest BCUT2D eigenvalue weighted by molar-refractivity contribution is 5.81. The third-order valence-corrected chi connectivity index (χ3v) is 4.69. The molecule has 3 unspecified atom stereocenters. The molecule has 1 amide bonds. The Morgan fingerprint density at radius 1 is 1.14 bits per heavy atom. The molecule has 0 radical (unpaired) electrons. The standard InChI is InChI=1S/C16H34N4O/c1-5-7-15(12-17)20-10-8-19(9-11-20)14(4)16(21)18-13(3)6-2/h13-15H,5-12,17H2,1-4H3,(H,18,21). The van der Waals surface area contributed by atoms with E-state index in [1.165, 1.54) is 12.8 Å². The molecule has 0 aliphatic carbocycles. The minimum absolute atomic E-state index is 0.0383. The number of amides is 1. The van der Waals surface area contributed by atoms with E-state index in [1.807, 2.05) is 6.92 Å². The molecule has 21 heavy (non-hydrogen) atoms. The fraction of sp³-hybridized carbons (Fsp3) is 0.938. The maximum Gasteiger partial charge on any atom is 0.237 e. The number of rotatable bonds is 8. The van der Waals surface area contributed by atoms with E-state index in [2.05, 4.69) is 35.9 Å². The molecule has 0 aromatic rings. The van der Waals surface area contributed by atoms with E-state index in [9.17, 15) is 4.79 Å². The zero-order chi connectivity index (χ0) is 15.8. The number of hydrogen-bond donors (Lipinski definition) is 2. The summed E-state index contributed by atoms with van der Waals surface area (Å²) in [6.45, 7) is 13.0. The van der Waals surface area contributed by atoms with Crippen molar-refractivity contribution in [3.63, 3.8) is 0 Å². The van der Waals surface area contributed by atoms with Gasteiger partial charge >= 0.3 is 0 Å². The first-order chi connectivity index (χ1) is 10.0. The molecule has 1 fully saturated rings. The third kappa shape index (κ3) is 5.57. The highest BCUT2D eigenvalue weighted by Crippen LogP contribution is 2.12. The van der Waals surface area contributed by atoms with Crippen LogP contribution in [-0.4, -0.2) is 66.6 Å². The van der Waals surface area contributed by atoms with Crippen LogP contribution in [0.1, 0.15) is 47.0 Å². The van der Waals surface area contributed by atoms with E-state index in [-0.39, 0.29) is 18.0 Å². The Balaban J connectivity index is 2.42. The van der Waals surface area contributed by atoms with Crippen molar-refractivity contribution in [2.24, 2.45) is 5.73 Å². The lowest BCUT2D eigenvalue weighted by Gasteiger charge is -2.41. The Bertz CT molecular complexity index is 303. The fourth-order valence-electron chi connectivity index (χ4n) is 2.90. The molecular weight excluding hydrogens is 264 g/mol. The van der Waals surface area contributed by atoms with Gasteiger partial charge < -0.3 is 11.1 Å². The van der Waals surface area contributed by atoms with Crippen LogP contribution in [-0.2, 0) is 4.79 Å². The maximum atomic E-state index is 12.2. The van der Waals surface area contributed by atoms with E-state index in [0.29, 0.717) is 6.04 Å². The minimum atomic E-state index is -0.0383. The summed E-state index contributed by atoms with van der Waals surface area (Å²) < 4.78 is 0. The van der Waals surface area contributed by atoms with Crippen LogP contribution < -0.4 is 11.1 Å². The number of nitrogens with two attached hydrogens (primary N) is 1. The highest BCUT2D eigenvalue weighted by Gasteiger charge is 2.28. The topological polar surface area (TPSA) is 61.6 Å². The Morgan fingerprint density at radius 2 is 1.71 bits per heavy atom. The largest absolute Gasteiger partial charge is 0.352 e. The van der Waals surface area contributed by atoms with Crippen molar-refractivity contribution < 1.29 is 4.79 Å². The van der Waals surface area contributed by atoms with Gasteiger partial charge in [0.25, 0.3) is 0 Å². The van der Waals surface area contributed by atoms with Gasteiger partial charge in [0.05, 0.1) is 6.04 Å². The number of piperazine rings is 1. The fourth-order valence-corrected chi connectivity index (χ4v) is 2.90. The Labute approximate surface area is 130 Å². The van der Waals surface area contributed by atoms with Crippen LogP contribution in [0.3, 0.4) is 0 Å². The van der Waals surface area contributed by atoms with Crippen molar-refractivity contribution >= 4 is 5.91 Å². The lowest BCUT2D eigenvalue weighted by molar-refractivity contribution is -0.127. The van der Waals surface area contributed by atoms with Crippen molar-refractivity contribution in [1.82, 2.24) is 15.1 Å². The second-order valence-electron chi connectivity index (χ2n) is 6.24. The first kappa shape index (κ1) is 18.4. The molecule has 0 saturated carbocycles. The lowest BCUT2D eigenvalue weighted by atomic mass is 10.1. The monoisotopic (exact) mass is 298 g/mol. The van der Waals surface area contributed by atoms with Crippen molar-refractivity contribution in [3.8, 4) is 0 Å². The van der Waals surface area contributed by atoms with Gasteiger partial charge in [-0.05, 0) is 26.7 Å². The summed E-state index contributed by atoms with van der Waals surface area (Å²) in [7, 11) is 0. The van der Waals surface area contributed by atoms with Crippen molar-refractivity contribution in [2.45, 2.75) is 65.1 Å². The average Bonchev–Trinajstić information content (AvgIpc) is 2.51. The van der Waals surface area contributed by atoms with Crippen LogP contribution >= 0.6 is 0 Å². The van der Waals surface area contributed by atoms with Gasteiger partial charge in [-0.2, -0.15) is 0 Å². The zero-order valence-corrected chi connectivity index (χ0v) is 14.3. The summed E-state index contributed by atoms with van der Waals surface area (Å²) in [4.78, 5) is 17.0. The molecule has 5 heteroatoms. The van der Waals surface area contributed by atoms with E-state index in [1.54, 1.807) is 0 Å². The van der Waals surface area contributed by atoms with Gasteiger partial charge in [0, 0.05) is 44.8 Å². The molecule has 3 N–H and O–H groups in total. The smallest absolute Gasteiger partial charge is 0.237 e. The number of nitrogens with one attached hydrogen (secondary N) is 1. The molecule has 1 aliphatic rings. The number of nitrogens with zero attached hydrogens (tertiary/aromatic N) is 2. The Morgan fingerprint density at radius 3 is 2.19 bits per heavy atom. The summed E-state index contributed by atoms with van der Waals surface area (Å²) in [5, 5.41) is 3.08. The SMILES string of the molecule is CCCC(CN)N1CCN(C(C)C(=O)NC(C)CC)CC1. The van der Waals surface area contributed by atoms with Crippen LogP contribution in [0.15, 0.2) is 0 Å². The lowest BCUT2D eigenvalue weighted by Crippen LogP contribution is -2.57. The van der Waals surface area contributed by atoms with Crippen molar-refractivity contribution in [3.05, 3.63) is 0 Å². The Hall–Kier alpha value is -0.650. The van der Waals surface area contributed by atoms with Gasteiger partial charge in [0.15, 0.2) is 0 Å². The van der Waals surface area contributed by atoms with Crippen LogP contribution in [0.2, 0.25) is 0 Å². The van der Waals surface area contributed by atoms with E-state index >= 15 is 0 Å². The van der Waals surface area contributed by atoms with E-state index < -0.39 is 0 Å². The molecule has 1 heterocycles. The van der Waals surface area contributed by atoms with Crippen molar-refractivity contribution in [1.29, 1.82) is 0 Å². The molecule has 1 rings (SSSR count). The quantitative estimate of drug-likeness (QED) is 0.703. The van der Waals surface area contributed by atoms with Crippen molar-refractivity contribution in [2.75, 3.05) is 32.7 Å². The Kier molecular flexibility index (Phi) is 8.22. The molecule has 1 aliphatic heterocycles. The number of carbonyl (C=O) groups is 1. The molecule has 124 valence electrons. The second-order valence-corrected chi connectivity index (χ2v) is 6.24. The predicted molar refractivity (Wildman–Crippen MR) is 88.3 cm³/mol. The molecule has 0 aromatic carbocycles. The molecule has 0 spiro atoms. The molecule has 3 atom stereocenters. The number of hydrogen-bond acceptors (Lipinski definition) is 4. The molecule has 5 nitrogen and oxygen atoms in total. The van der Waals surface area contributed by atoms with E-state index in [0.717, 1.165) is 39.1 Å². The van der Waals surface area contributed by atoms with Gasteiger partial charge in [-0.25, -0.2) is 0 Å². The maximum absolute atomic E-state index is 12.2. The predicted octanol–water partition coefficient (Wildman–Crippen LogP) is 1.03. The molecular formula is C16H34N4O. The molecule has 0 aromatic heterocycles. The summed E-state index contributed by atoms with van der Waals surface area (Å²) in [6, 6.07) is 0.720. The summed E-state index contributed by atoms with van der Waals surface area (Å²) >= 11 is 0. The number of carbonyl (C=O) groups excluding carboxylic acids is 1. The van der Waals surface area contributed by atoms with Gasteiger partial charge in [0.1, 0.15) is 0 Å². The van der Waals surface area contributed by atoms with Gasteiger partial charge in [0.2, 0.25) is 5.91 Å². The normalized spacial score (nSPS) is 21.8. The summed E-state index contributed by atoms with van der Waals surface area (Å²) in [5.74, 6) is 0.154. The minimum Gasteiger partial charge on any atom is -0.352 e. The molecule has 0 bridgehead atoms. The van der Waals surface area contributed by atoms with Crippen LogP contribution in [0, 0.1) is 0 Å². The molecule has 1 saturated heterocycles. The average molecular weight is 298 g/mol. The van der Waals surface area contributed by atoms with Crippen LogP contribution in [0.4, 0.5) is 0 Å². The van der Waals surface area contributed by atoms with E-state index in [4.69, 9.17) is 5.73 Å². The van der Waals surface area contributed by atoms with Gasteiger partial charge in [-0.3, -0.25) is 14.6 Å². The summed E-state index contributed by atoms with van der Waals surface area (Å²) in [5.41, 5.74) is 5.88. The van der Waals surface area contributed by atoms with Gasteiger partial charge in [-0.15, -0.1) is 0 Å². The first-order valence-corrected chi connectivity index (χ1v) is 8.51. The zero-order valence-electron chi connectivity index (χ0n) is 14.3.